The number of nitrogens with one attached hydrogen (secondary N) is 1. The van der Waals surface area contributed by atoms with Gasteiger partial charge in [0, 0.05) is 55.9 Å². The summed E-state index contributed by atoms with van der Waals surface area (Å²) in [4.78, 5) is 21.2. The van der Waals surface area contributed by atoms with Crippen LogP contribution in [0.3, 0.4) is 0 Å². The molecular formula is C32H37Cl2N5O5. The second-order valence-corrected chi connectivity index (χ2v) is 12.1. The van der Waals surface area contributed by atoms with Crippen LogP contribution in [0.2, 0.25) is 10.0 Å². The van der Waals surface area contributed by atoms with Gasteiger partial charge in [-0.2, -0.15) is 5.26 Å². The summed E-state index contributed by atoms with van der Waals surface area (Å²) in [5.74, 6) is 1.76. The smallest absolute Gasteiger partial charge is 0.224 e. The number of aromatic nitrogens is 1. The maximum absolute atomic E-state index is 12.2. The average Bonchev–Trinajstić information content (AvgIpc) is 3.02. The van der Waals surface area contributed by atoms with E-state index in [2.05, 4.69) is 21.3 Å². The number of methoxy groups -OCH3 is 3. The third-order valence-electron chi connectivity index (χ3n) is 8.49. The van der Waals surface area contributed by atoms with Gasteiger partial charge in [-0.15, -0.1) is 0 Å². The lowest BCUT2D eigenvalue weighted by Crippen LogP contribution is -2.62. The number of benzene rings is 2. The van der Waals surface area contributed by atoms with Crippen LogP contribution >= 0.6 is 23.2 Å². The number of piperidine rings is 1. The number of hydrogen-bond donors (Lipinski definition) is 1. The van der Waals surface area contributed by atoms with Crippen molar-refractivity contribution in [2.75, 3.05) is 72.6 Å². The Balaban J connectivity index is 1.19. The van der Waals surface area contributed by atoms with Gasteiger partial charge in [-0.3, -0.25) is 9.78 Å². The third kappa shape index (κ3) is 6.92. The minimum absolute atomic E-state index is 0.195. The Bertz CT molecular complexity index is 1550. The highest BCUT2D eigenvalue weighted by Gasteiger charge is 2.46. The van der Waals surface area contributed by atoms with Gasteiger partial charge < -0.3 is 34.1 Å². The Morgan fingerprint density at radius 3 is 2.45 bits per heavy atom. The molecule has 12 heteroatoms. The number of hydrogen-bond acceptors (Lipinski definition) is 9. The molecule has 2 aliphatic heterocycles. The Labute approximate surface area is 267 Å². The van der Waals surface area contributed by atoms with Gasteiger partial charge in [0.15, 0.2) is 11.5 Å². The molecule has 44 heavy (non-hydrogen) atoms. The maximum Gasteiger partial charge on any atom is 0.224 e. The SMILES string of the molecule is COCCC(=O)N1CC2(CCN(CCCOc3cc4ncc(C#N)c(Nc5cc(OC)c(Cl)cc5Cl)c4cc3OC)CC2)C1. The monoisotopic (exact) mass is 641 g/mol. The number of likely N-dealkylation sites (tertiary alicyclic amines) is 2. The summed E-state index contributed by atoms with van der Waals surface area (Å²) in [5, 5.41) is 14.5. The molecule has 234 valence electrons. The number of ether oxygens (including phenoxy) is 4. The highest BCUT2D eigenvalue weighted by Crippen LogP contribution is 2.42. The maximum atomic E-state index is 12.2. The van der Waals surface area contributed by atoms with Crippen LogP contribution in [0, 0.1) is 16.7 Å². The van der Waals surface area contributed by atoms with Gasteiger partial charge in [-0.1, -0.05) is 23.2 Å². The fourth-order valence-electron chi connectivity index (χ4n) is 5.93. The summed E-state index contributed by atoms with van der Waals surface area (Å²) < 4.78 is 22.2. The Kier molecular flexibility index (Phi) is 10.2. The van der Waals surface area contributed by atoms with E-state index >= 15 is 0 Å². The molecule has 1 amide bonds. The molecule has 0 bridgehead atoms. The van der Waals surface area contributed by atoms with Gasteiger partial charge in [0.2, 0.25) is 5.91 Å². The van der Waals surface area contributed by atoms with Gasteiger partial charge in [-0.05, 0) is 44.5 Å². The third-order valence-corrected chi connectivity index (χ3v) is 9.10. The van der Waals surface area contributed by atoms with Gasteiger partial charge in [0.1, 0.15) is 11.8 Å². The second-order valence-electron chi connectivity index (χ2n) is 11.3. The van der Waals surface area contributed by atoms with Crippen molar-refractivity contribution >= 4 is 51.4 Å². The molecule has 0 radical (unpaired) electrons. The highest BCUT2D eigenvalue weighted by atomic mass is 35.5. The number of anilines is 2. The molecule has 2 fully saturated rings. The number of fused-ring (bicyclic) bond motifs is 1. The first kappa shape index (κ1) is 31.9. The van der Waals surface area contributed by atoms with E-state index in [1.54, 1.807) is 26.4 Å². The summed E-state index contributed by atoms with van der Waals surface area (Å²) in [7, 11) is 4.73. The van der Waals surface area contributed by atoms with Gasteiger partial charge in [0.25, 0.3) is 0 Å². The van der Waals surface area contributed by atoms with Crippen LogP contribution in [0.5, 0.6) is 17.2 Å². The van der Waals surface area contributed by atoms with Crippen LogP contribution in [0.15, 0.2) is 30.5 Å². The molecule has 0 atom stereocenters. The first-order valence-corrected chi connectivity index (χ1v) is 15.4. The van der Waals surface area contributed by atoms with E-state index in [4.69, 9.17) is 42.1 Å². The zero-order chi connectivity index (χ0) is 31.3. The van der Waals surface area contributed by atoms with Gasteiger partial charge in [0.05, 0.1) is 66.4 Å². The van der Waals surface area contributed by atoms with Crippen LogP contribution in [-0.4, -0.2) is 88.0 Å². The minimum atomic E-state index is 0.195. The van der Waals surface area contributed by atoms with E-state index < -0.39 is 0 Å². The molecular weight excluding hydrogens is 605 g/mol. The topological polar surface area (TPSA) is 109 Å². The van der Waals surface area contributed by atoms with Crippen LogP contribution in [-0.2, 0) is 9.53 Å². The lowest BCUT2D eigenvalue weighted by molar-refractivity contribution is -0.147. The number of amides is 1. The second kappa shape index (κ2) is 14.1. The largest absolute Gasteiger partial charge is 0.495 e. The Hall–Kier alpha value is -3.49. The molecule has 0 aliphatic carbocycles. The molecule has 0 unspecified atom stereocenters. The van der Waals surface area contributed by atoms with Crippen LogP contribution in [0.25, 0.3) is 10.9 Å². The molecule has 1 spiro atoms. The van der Waals surface area contributed by atoms with E-state index in [1.807, 2.05) is 17.0 Å². The fraction of sp³-hybridized carbons (Fsp3) is 0.469. The van der Waals surface area contributed by atoms with Crippen LogP contribution in [0.1, 0.15) is 31.2 Å². The first-order chi connectivity index (χ1) is 21.3. The Morgan fingerprint density at radius 1 is 1.02 bits per heavy atom. The van der Waals surface area contributed by atoms with E-state index in [0.29, 0.717) is 74.8 Å². The summed E-state index contributed by atoms with van der Waals surface area (Å²) in [6, 6.07) is 9.10. The molecule has 2 saturated heterocycles. The standard InChI is InChI=1S/C32H37Cl2N5O5/c1-41-12-5-30(40)39-19-32(20-39)6-9-38(10-7-32)8-4-11-44-29-15-25-22(13-28(29)43-3)31(21(17-35)18-36-25)37-26-16-27(42-2)24(34)14-23(26)33/h13-16,18H,4-12,19-20H2,1-3H3,(H,36,37). The summed E-state index contributed by atoms with van der Waals surface area (Å²) in [5.41, 5.74) is 2.32. The van der Waals surface area contributed by atoms with Crippen molar-refractivity contribution in [1.82, 2.24) is 14.8 Å². The molecule has 5 rings (SSSR count). The minimum Gasteiger partial charge on any atom is -0.495 e. The Morgan fingerprint density at radius 2 is 1.77 bits per heavy atom. The van der Waals surface area contributed by atoms with E-state index in [-0.39, 0.29) is 11.3 Å². The highest BCUT2D eigenvalue weighted by molar-refractivity contribution is 6.37. The quantitative estimate of drug-likeness (QED) is 0.242. The molecule has 2 aromatic carbocycles. The number of carbonyl (C=O) groups excluding carboxylic acids is 1. The van der Waals surface area contributed by atoms with E-state index in [0.717, 1.165) is 52.0 Å². The summed E-state index contributed by atoms with van der Waals surface area (Å²) in [6.45, 7) is 5.74. The number of pyridine rings is 1. The van der Waals surface area contributed by atoms with Crippen LogP contribution in [0.4, 0.5) is 11.4 Å². The molecule has 1 N–H and O–H groups in total. The van der Waals surface area contributed by atoms with Gasteiger partial charge in [-0.25, -0.2) is 0 Å². The molecule has 2 aliphatic rings. The van der Waals surface area contributed by atoms with Crippen molar-refractivity contribution in [2.45, 2.75) is 25.7 Å². The lowest BCUT2D eigenvalue weighted by Gasteiger charge is -2.54. The van der Waals surface area contributed by atoms with Crippen molar-refractivity contribution in [3.8, 4) is 23.3 Å². The van der Waals surface area contributed by atoms with Crippen molar-refractivity contribution < 1.29 is 23.7 Å². The zero-order valence-electron chi connectivity index (χ0n) is 25.3. The molecule has 1 aromatic heterocycles. The fourth-order valence-corrected chi connectivity index (χ4v) is 6.44. The summed E-state index contributed by atoms with van der Waals surface area (Å²) >= 11 is 12.7. The predicted molar refractivity (Wildman–Crippen MR) is 171 cm³/mol. The van der Waals surface area contributed by atoms with Gasteiger partial charge >= 0.3 is 0 Å². The predicted octanol–water partition coefficient (Wildman–Crippen LogP) is 5.90. The zero-order valence-corrected chi connectivity index (χ0v) is 26.8. The first-order valence-electron chi connectivity index (χ1n) is 14.6. The lowest BCUT2D eigenvalue weighted by atomic mass is 9.72. The number of nitriles is 1. The number of halogens is 2. The van der Waals surface area contributed by atoms with Crippen molar-refractivity contribution in [1.29, 1.82) is 5.26 Å². The molecule has 10 nitrogen and oxygen atoms in total. The summed E-state index contributed by atoms with van der Waals surface area (Å²) in [6.07, 6.45) is 5.06. The van der Waals surface area contributed by atoms with E-state index in [1.165, 1.54) is 13.3 Å². The van der Waals surface area contributed by atoms with Crippen LogP contribution < -0.4 is 19.5 Å². The molecule has 3 aromatic rings. The number of rotatable bonds is 12. The number of nitrogens with zero attached hydrogens (tertiary/aromatic N) is 4. The number of carbonyl (C=O) groups is 1. The van der Waals surface area contributed by atoms with E-state index in [9.17, 15) is 10.1 Å². The van der Waals surface area contributed by atoms with Crippen molar-refractivity contribution in [3.63, 3.8) is 0 Å². The molecule has 3 heterocycles. The average molecular weight is 643 g/mol. The molecule has 0 saturated carbocycles. The van der Waals surface area contributed by atoms with Crippen molar-refractivity contribution in [3.05, 3.63) is 46.1 Å². The normalized spacial score (nSPS) is 16.0. The van der Waals surface area contributed by atoms with Crippen molar-refractivity contribution in [2.24, 2.45) is 5.41 Å².